The van der Waals surface area contributed by atoms with Gasteiger partial charge in [0.2, 0.25) is 16.0 Å². The maximum atomic E-state index is 13.0. The maximum Gasteiger partial charge on any atom is 0.243 e. The minimum Gasteiger partial charge on any atom is -0.488 e. The molecule has 0 amide bonds. The Morgan fingerprint density at radius 1 is 1.15 bits per heavy atom. The van der Waals surface area contributed by atoms with Gasteiger partial charge in [-0.25, -0.2) is 18.4 Å². The van der Waals surface area contributed by atoms with Gasteiger partial charge in [0.05, 0.1) is 18.1 Å². The summed E-state index contributed by atoms with van der Waals surface area (Å²) in [5.41, 5.74) is 1.28. The van der Waals surface area contributed by atoms with Crippen LogP contribution in [0.1, 0.15) is 12.8 Å². The van der Waals surface area contributed by atoms with E-state index in [1.54, 1.807) is 30.5 Å². The Morgan fingerprint density at radius 2 is 1.94 bits per heavy atom. The summed E-state index contributed by atoms with van der Waals surface area (Å²) in [6.45, 7) is 3.37. The number of nitrogens with one attached hydrogen (secondary N) is 2. The average molecular weight is 548 g/mol. The summed E-state index contributed by atoms with van der Waals surface area (Å²) in [5, 5.41) is 7.34. The summed E-state index contributed by atoms with van der Waals surface area (Å²) in [4.78, 5) is 9.37. The topological polar surface area (TPSA) is 106 Å². The molecule has 2 aliphatic heterocycles. The standard InChI is InChI=1S/C23H26BrN5O4S/c24-20-4-5-21(33-17-6-8-25-9-7-17)22-19(20)15-26-23(28-22)27-16-2-1-3-18(14-16)34(30,31)29-10-12-32-13-11-29/h1-5,14-15,17,25H,6-13H2,(H,26,27,28). The Labute approximate surface area is 207 Å². The summed E-state index contributed by atoms with van der Waals surface area (Å²) in [7, 11) is -3.60. The molecule has 180 valence electrons. The van der Waals surface area contributed by atoms with E-state index in [-0.39, 0.29) is 11.0 Å². The van der Waals surface area contributed by atoms with Gasteiger partial charge in [0.1, 0.15) is 17.4 Å². The Balaban J connectivity index is 1.41. The Kier molecular flexibility index (Phi) is 6.98. The lowest BCUT2D eigenvalue weighted by Crippen LogP contribution is -2.40. The molecule has 2 fully saturated rings. The molecule has 5 rings (SSSR count). The molecule has 11 heteroatoms. The average Bonchev–Trinajstić information content (AvgIpc) is 2.87. The van der Waals surface area contributed by atoms with Crippen LogP contribution in [0, 0.1) is 0 Å². The monoisotopic (exact) mass is 547 g/mol. The summed E-state index contributed by atoms with van der Waals surface area (Å²) in [5.74, 6) is 1.07. The van der Waals surface area contributed by atoms with Gasteiger partial charge in [-0.1, -0.05) is 22.0 Å². The molecular formula is C23H26BrN5O4S. The van der Waals surface area contributed by atoms with Crippen molar-refractivity contribution in [3.8, 4) is 5.75 Å². The molecule has 3 heterocycles. The largest absolute Gasteiger partial charge is 0.488 e. The van der Waals surface area contributed by atoms with E-state index in [1.165, 1.54) is 4.31 Å². The van der Waals surface area contributed by atoms with E-state index >= 15 is 0 Å². The fraction of sp³-hybridized carbons (Fsp3) is 0.391. The van der Waals surface area contributed by atoms with E-state index in [2.05, 4.69) is 31.5 Å². The van der Waals surface area contributed by atoms with E-state index in [1.807, 2.05) is 12.1 Å². The fourth-order valence-electron chi connectivity index (χ4n) is 4.11. The molecule has 2 aliphatic rings. The fourth-order valence-corrected chi connectivity index (χ4v) is 5.99. The minimum absolute atomic E-state index is 0.138. The van der Waals surface area contributed by atoms with Crippen LogP contribution in [0.15, 0.2) is 52.0 Å². The number of hydrogen-bond donors (Lipinski definition) is 2. The molecule has 3 aromatic rings. The summed E-state index contributed by atoms with van der Waals surface area (Å²) >= 11 is 3.57. The lowest BCUT2D eigenvalue weighted by molar-refractivity contribution is 0.0730. The number of piperidine rings is 1. The quantitative estimate of drug-likeness (QED) is 0.484. The first kappa shape index (κ1) is 23.4. The number of hydrogen-bond acceptors (Lipinski definition) is 8. The van der Waals surface area contributed by atoms with E-state index in [0.717, 1.165) is 35.8 Å². The van der Waals surface area contributed by atoms with Crippen LogP contribution >= 0.6 is 15.9 Å². The van der Waals surface area contributed by atoms with Crippen LogP contribution in [-0.4, -0.2) is 68.2 Å². The molecule has 2 N–H and O–H groups in total. The zero-order valence-electron chi connectivity index (χ0n) is 18.5. The van der Waals surface area contributed by atoms with Crippen LogP contribution < -0.4 is 15.4 Å². The molecule has 1 aromatic heterocycles. The lowest BCUT2D eigenvalue weighted by atomic mass is 10.1. The second-order valence-corrected chi connectivity index (χ2v) is 11.0. The van der Waals surface area contributed by atoms with Crippen LogP contribution in [0.5, 0.6) is 5.75 Å². The molecular weight excluding hydrogens is 522 g/mol. The smallest absolute Gasteiger partial charge is 0.243 e. The third-order valence-electron chi connectivity index (χ3n) is 5.94. The highest BCUT2D eigenvalue weighted by Crippen LogP contribution is 2.32. The third-order valence-corrected chi connectivity index (χ3v) is 8.52. The highest BCUT2D eigenvalue weighted by molar-refractivity contribution is 9.10. The number of morpholine rings is 1. The zero-order valence-corrected chi connectivity index (χ0v) is 20.9. The molecule has 0 atom stereocenters. The Hall–Kier alpha value is -2.31. The number of fused-ring (bicyclic) bond motifs is 1. The highest BCUT2D eigenvalue weighted by atomic mass is 79.9. The van der Waals surface area contributed by atoms with E-state index in [9.17, 15) is 8.42 Å². The molecule has 9 nitrogen and oxygen atoms in total. The van der Waals surface area contributed by atoms with Gasteiger partial charge in [0.15, 0.2) is 0 Å². The number of rotatable bonds is 6. The van der Waals surface area contributed by atoms with E-state index in [0.29, 0.717) is 49.2 Å². The lowest BCUT2D eigenvalue weighted by Gasteiger charge is -2.26. The van der Waals surface area contributed by atoms with Crippen molar-refractivity contribution in [1.82, 2.24) is 19.6 Å². The van der Waals surface area contributed by atoms with Gasteiger partial charge >= 0.3 is 0 Å². The molecule has 0 spiro atoms. The molecule has 0 radical (unpaired) electrons. The Bertz CT molecular complexity index is 1280. The van der Waals surface area contributed by atoms with Gasteiger partial charge in [-0.3, -0.25) is 0 Å². The van der Waals surface area contributed by atoms with Crippen LogP contribution in [0.3, 0.4) is 0 Å². The summed E-state index contributed by atoms with van der Waals surface area (Å²) in [6.07, 6.45) is 3.76. The van der Waals surface area contributed by atoms with E-state index < -0.39 is 10.0 Å². The van der Waals surface area contributed by atoms with Crippen LogP contribution in [0.4, 0.5) is 11.6 Å². The van der Waals surface area contributed by atoms with Crippen molar-refractivity contribution in [3.05, 3.63) is 47.1 Å². The molecule has 0 bridgehead atoms. The minimum atomic E-state index is -3.60. The number of benzene rings is 2. The van der Waals surface area contributed by atoms with Crippen molar-refractivity contribution in [2.24, 2.45) is 0 Å². The van der Waals surface area contributed by atoms with Crippen molar-refractivity contribution in [3.63, 3.8) is 0 Å². The predicted molar refractivity (Wildman–Crippen MR) is 133 cm³/mol. The Morgan fingerprint density at radius 3 is 2.74 bits per heavy atom. The predicted octanol–water partition coefficient (Wildman–Crippen LogP) is 3.29. The molecule has 0 aliphatic carbocycles. The van der Waals surface area contributed by atoms with Crippen molar-refractivity contribution >= 4 is 48.5 Å². The molecule has 0 saturated carbocycles. The summed E-state index contributed by atoms with van der Waals surface area (Å²) < 4.78 is 39.9. The summed E-state index contributed by atoms with van der Waals surface area (Å²) in [6, 6.07) is 10.6. The number of halogens is 1. The van der Waals surface area contributed by atoms with Crippen LogP contribution in [-0.2, 0) is 14.8 Å². The van der Waals surface area contributed by atoms with Gasteiger partial charge < -0.3 is 20.1 Å². The third kappa shape index (κ3) is 5.03. The van der Waals surface area contributed by atoms with Gasteiger partial charge in [-0.2, -0.15) is 4.31 Å². The number of sulfonamides is 1. The van der Waals surface area contributed by atoms with Crippen LogP contribution in [0.25, 0.3) is 10.9 Å². The highest BCUT2D eigenvalue weighted by Gasteiger charge is 2.26. The van der Waals surface area contributed by atoms with Gasteiger partial charge in [-0.05, 0) is 56.3 Å². The normalized spacial score (nSPS) is 18.1. The first-order valence-corrected chi connectivity index (χ1v) is 13.5. The second kappa shape index (κ2) is 10.1. The first-order valence-electron chi connectivity index (χ1n) is 11.3. The number of ether oxygens (including phenoxy) is 2. The van der Waals surface area contributed by atoms with E-state index in [4.69, 9.17) is 14.5 Å². The van der Waals surface area contributed by atoms with Crippen molar-refractivity contribution in [1.29, 1.82) is 0 Å². The van der Waals surface area contributed by atoms with Crippen molar-refractivity contribution < 1.29 is 17.9 Å². The van der Waals surface area contributed by atoms with Crippen molar-refractivity contribution in [2.75, 3.05) is 44.7 Å². The molecule has 2 aromatic carbocycles. The maximum absolute atomic E-state index is 13.0. The first-order chi connectivity index (χ1) is 16.5. The SMILES string of the molecule is O=S(=O)(c1cccc(Nc2ncc3c(Br)ccc(OC4CCNCC4)c3n2)c1)N1CCOCC1. The number of aromatic nitrogens is 2. The number of anilines is 2. The van der Waals surface area contributed by atoms with Crippen molar-refractivity contribution in [2.45, 2.75) is 23.8 Å². The molecule has 34 heavy (non-hydrogen) atoms. The second-order valence-electron chi connectivity index (χ2n) is 8.24. The zero-order chi connectivity index (χ0) is 23.5. The molecule has 2 saturated heterocycles. The van der Waals surface area contributed by atoms with Gasteiger partial charge in [0.25, 0.3) is 0 Å². The van der Waals surface area contributed by atoms with Gasteiger partial charge in [-0.15, -0.1) is 0 Å². The van der Waals surface area contributed by atoms with Crippen LogP contribution in [0.2, 0.25) is 0 Å². The van der Waals surface area contributed by atoms with Gasteiger partial charge in [0, 0.05) is 34.8 Å². The molecule has 0 unspecified atom stereocenters. The number of nitrogens with zero attached hydrogens (tertiary/aromatic N) is 3.